The van der Waals surface area contributed by atoms with E-state index in [9.17, 15) is 9.18 Å². The Morgan fingerprint density at radius 3 is 2.81 bits per heavy atom. The summed E-state index contributed by atoms with van der Waals surface area (Å²) in [6, 6.07) is 8.53. The summed E-state index contributed by atoms with van der Waals surface area (Å²) >= 11 is 1.62. The maximum Gasteiger partial charge on any atom is 0.307 e. The summed E-state index contributed by atoms with van der Waals surface area (Å²) in [7, 11) is 0. The van der Waals surface area contributed by atoms with Crippen molar-refractivity contribution in [2.24, 2.45) is 0 Å². The fraction of sp³-hybridized carbons (Fsp3) is 0.118. The summed E-state index contributed by atoms with van der Waals surface area (Å²) in [5, 5.41) is 11.1. The van der Waals surface area contributed by atoms with Crippen LogP contribution in [0.5, 0.6) is 0 Å². The van der Waals surface area contributed by atoms with E-state index in [1.165, 1.54) is 12.1 Å². The number of hydrogen-bond acceptors (Lipinski definition) is 2. The Hall–Kier alpha value is -2.20. The molecule has 4 heteroatoms. The van der Waals surface area contributed by atoms with E-state index >= 15 is 0 Å². The molecule has 1 aliphatic rings. The number of allylic oxidation sites excluding steroid dienone is 2. The van der Waals surface area contributed by atoms with Gasteiger partial charge in [-0.1, -0.05) is 12.1 Å². The number of rotatable bonds is 3. The lowest BCUT2D eigenvalue weighted by Crippen LogP contribution is -1.97. The second-order valence-corrected chi connectivity index (χ2v) is 5.92. The van der Waals surface area contributed by atoms with Crippen molar-refractivity contribution in [3.8, 4) is 0 Å². The van der Waals surface area contributed by atoms with Gasteiger partial charge in [0.25, 0.3) is 0 Å². The number of thiophene rings is 1. The number of carboxylic acids is 1. The monoisotopic (exact) mass is 300 g/mol. The molecule has 1 heterocycles. The number of aliphatic carboxylic acids is 1. The molecule has 0 amide bonds. The van der Waals surface area contributed by atoms with Crippen LogP contribution >= 0.6 is 11.3 Å². The summed E-state index contributed by atoms with van der Waals surface area (Å²) in [5.41, 5.74) is 4.17. The molecule has 0 saturated carbocycles. The summed E-state index contributed by atoms with van der Waals surface area (Å²) in [4.78, 5) is 12.2. The average molecular weight is 300 g/mol. The van der Waals surface area contributed by atoms with Crippen LogP contribution in [0.15, 0.2) is 41.3 Å². The first-order valence-corrected chi connectivity index (χ1v) is 7.41. The number of hydrogen-bond donors (Lipinski definition) is 1. The molecule has 0 bridgehead atoms. The summed E-state index contributed by atoms with van der Waals surface area (Å²) in [5.74, 6) is -1.25. The van der Waals surface area contributed by atoms with E-state index in [0.29, 0.717) is 11.1 Å². The molecule has 0 spiro atoms. The second kappa shape index (κ2) is 5.30. The van der Waals surface area contributed by atoms with E-state index in [1.807, 2.05) is 30.5 Å². The molecule has 1 aromatic carbocycles. The van der Waals surface area contributed by atoms with Crippen LogP contribution in [0.1, 0.15) is 29.3 Å². The molecule has 0 fully saturated rings. The predicted octanol–water partition coefficient (Wildman–Crippen LogP) is 4.69. The largest absolute Gasteiger partial charge is 0.481 e. The molecule has 1 aliphatic carbocycles. The van der Waals surface area contributed by atoms with Crippen LogP contribution in [0.25, 0.3) is 17.2 Å². The van der Waals surface area contributed by atoms with E-state index in [2.05, 4.69) is 0 Å². The van der Waals surface area contributed by atoms with E-state index in [0.717, 1.165) is 21.6 Å². The zero-order chi connectivity index (χ0) is 15.0. The normalized spacial score (nSPS) is 15.6. The number of carboxylic acid groups (broad SMARTS) is 1. The number of carbonyl (C=O) groups is 1. The molecule has 2 nitrogen and oxygen atoms in total. The lowest BCUT2D eigenvalue weighted by atomic mass is 10.0. The fourth-order valence-electron chi connectivity index (χ4n) is 2.65. The van der Waals surface area contributed by atoms with Crippen LogP contribution in [0.2, 0.25) is 0 Å². The van der Waals surface area contributed by atoms with Gasteiger partial charge in [-0.15, -0.1) is 11.3 Å². The molecule has 0 atom stereocenters. The molecule has 1 aromatic heterocycles. The van der Waals surface area contributed by atoms with Crippen molar-refractivity contribution in [1.82, 2.24) is 0 Å². The van der Waals surface area contributed by atoms with Crippen molar-refractivity contribution in [2.45, 2.75) is 13.3 Å². The highest BCUT2D eigenvalue weighted by atomic mass is 32.1. The predicted molar refractivity (Wildman–Crippen MR) is 83.4 cm³/mol. The molecular formula is C17H13FO2S. The molecule has 0 saturated heterocycles. The molecule has 106 valence electrons. The Morgan fingerprint density at radius 2 is 2.14 bits per heavy atom. The third-order valence-corrected chi connectivity index (χ3v) is 4.43. The zero-order valence-electron chi connectivity index (χ0n) is 11.4. The first-order chi connectivity index (χ1) is 10.1. The topological polar surface area (TPSA) is 37.3 Å². The number of fused-ring (bicyclic) bond motifs is 1. The summed E-state index contributed by atoms with van der Waals surface area (Å²) in [6.07, 6.45) is 1.94. The summed E-state index contributed by atoms with van der Waals surface area (Å²) in [6.45, 7) is 1.90. The Morgan fingerprint density at radius 1 is 1.33 bits per heavy atom. The van der Waals surface area contributed by atoms with Gasteiger partial charge in [-0.25, -0.2) is 4.39 Å². The van der Waals surface area contributed by atoms with Crippen LogP contribution in [-0.2, 0) is 4.79 Å². The Bertz CT molecular complexity index is 770. The van der Waals surface area contributed by atoms with E-state index in [-0.39, 0.29) is 12.2 Å². The standard InChI is InChI=1S/C17H13FO2S/c1-10-14(8-12-3-2-6-21-12)13-5-4-11(18)7-16(13)15(10)9-17(19)20/h2-8H,9H2,1H3,(H,19,20)/b14-8-. The van der Waals surface area contributed by atoms with Crippen LogP contribution < -0.4 is 0 Å². The highest BCUT2D eigenvalue weighted by Gasteiger charge is 2.25. The highest BCUT2D eigenvalue weighted by molar-refractivity contribution is 7.10. The van der Waals surface area contributed by atoms with Crippen molar-refractivity contribution in [3.05, 3.63) is 63.1 Å². The third-order valence-electron chi connectivity index (χ3n) is 3.61. The Balaban J connectivity index is 2.18. The highest BCUT2D eigenvalue weighted by Crippen LogP contribution is 2.44. The first kappa shape index (κ1) is 13.8. The fourth-order valence-corrected chi connectivity index (χ4v) is 3.31. The van der Waals surface area contributed by atoms with Crippen molar-refractivity contribution in [2.75, 3.05) is 0 Å². The van der Waals surface area contributed by atoms with Crippen molar-refractivity contribution >= 4 is 34.5 Å². The van der Waals surface area contributed by atoms with E-state index < -0.39 is 5.97 Å². The quantitative estimate of drug-likeness (QED) is 0.893. The van der Waals surface area contributed by atoms with Gasteiger partial charge in [0.15, 0.2) is 0 Å². The molecule has 0 aliphatic heterocycles. The van der Waals surface area contributed by atoms with Gasteiger partial charge in [-0.05, 0) is 64.4 Å². The minimum absolute atomic E-state index is 0.0932. The number of halogens is 1. The first-order valence-electron chi connectivity index (χ1n) is 6.53. The van der Waals surface area contributed by atoms with Gasteiger partial charge >= 0.3 is 5.97 Å². The molecule has 1 N–H and O–H groups in total. The zero-order valence-corrected chi connectivity index (χ0v) is 12.2. The minimum atomic E-state index is -0.906. The van der Waals surface area contributed by atoms with Crippen molar-refractivity contribution in [3.63, 3.8) is 0 Å². The average Bonchev–Trinajstić information content (AvgIpc) is 3.01. The molecule has 3 rings (SSSR count). The molecule has 2 aromatic rings. The van der Waals surface area contributed by atoms with E-state index in [4.69, 9.17) is 5.11 Å². The molecule has 0 unspecified atom stereocenters. The molecule has 21 heavy (non-hydrogen) atoms. The van der Waals surface area contributed by atoms with Crippen molar-refractivity contribution in [1.29, 1.82) is 0 Å². The molecule has 0 radical (unpaired) electrons. The van der Waals surface area contributed by atoms with Crippen LogP contribution in [0, 0.1) is 5.82 Å². The van der Waals surface area contributed by atoms with Gasteiger partial charge in [-0.3, -0.25) is 4.79 Å². The van der Waals surface area contributed by atoms with Gasteiger partial charge in [0, 0.05) is 4.88 Å². The smallest absolute Gasteiger partial charge is 0.307 e. The summed E-state index contributed by atoms with van der Waals surface area (Å²) < 4.78 is 13.5. The lowest BCUT2D eigenvalue weighted by Gasteiger charge is -2.03. The van der Waals surface area contributed by atoms with Gasteiger partial charge < -0.3 is 5.11 Å². The van der Waals surface area contributed by atoms with Gasteiger partial charge in [0.1, 0.15) is 5.82 Å². The maximum atomic E-state index is 13.5. The molecular weight excluding hydrogens is 287 g/mol. The minimum Gasteiger partial charge on any atom is -0.481 e. The SMILES string of the molecule is CC1=C(CC(=O)O)c2cc(F)ccc2/C1=C\c1cccs1. The maximum absolute atomic E-state index is 13.5. The van der Waals surface area contributed by atoms with E-state index in [1.54, 1.807) is 17.4 Å². The van der Waals surface area contributed by atoms with Gasteiger partial charge in [0.05, 0.1) is 6.42 Å². The third kappa shape index (κ3) is 2.54. The van der Waals surface area contributed by atoms with Crippen LogP contribution in [-0.4, -0.2) is 11.1 Å². The number of benzene rings is 1. The van der Waals surface area contributed by atoms with Crippen LogP contribution in [0.3, 0.4) is 0 Å². The van der Waals surface area contributed by atoms with Gasteiger partial charge in [0.2, 0.25) is 0 Å². The lowest BCUT2D eigenvalue weighted by molar-refractivity contribution is -0.135. The Labute approximate surface area is 125 Å². The second-order valence-electron chi connectivity index (χ2n) is 4.94. The van der Waals surface area contributed by atoms with Crippen LogP contribution in [0.4, 0.5) is 4.39 Å². The van der Waals surface area contributed by atoms with Crippen molar-refractivity contribution < 1.29 is 14.3 Å². The Kier molecular flexibility index (Phi) is 3.47. The van der Waals surface area contributed by atoms with Gasteiger partial charge in [-0.2, -0.15) is 0 Å².